The average molecular weight is 334 g/mol. The van der Waals surface area contributed by atoms with E-state index >= 15 is 0 Å². The molecule has 0 aliphatic carbocycles. The Labute approximate surface area is 141 Å². The number of benzene rings is 2. The summed E-state index contributed by atoms with van der Waals surface area (Å²) in [6, 6.07) is 14.6. The van der Waals surface area contributed by atoms with Gasteiger partial charge in [-0.3, -0.25) is 24.6 Å². The Balaban J connectivity index is 1.59. The zero-order valence-electron chi connectivity index (χ0n) is 13.1. The molecule has 1 heterocycles. The predicted octanol–water partition coefficient (Wildman–Crippen LogP) is 1.81. The number of hydrogen-bond acceptors (Lipinski definition) is 5. The second-order valence-corrected chi connectivity index (χ2v) is 5.71. The van der Waals surface area contributed by atoms with Crippen LogP contribution in [0, 0.1) is 0 Å². The zero-order chi connectivity index (χ0) is 17.4. The van der Waals surface area contributed by atoms with E-state index in [1.807, 2.05) is 30.3 Å². The molecule has 0 aliphatic rings. The molecule has 0 saturated heterocycles. The first kappa shape index (κ1) is 14.9. The number of aromatic nitrogens is 2. The number of nitrogens with one attached hydrogen (secondary N) is 4. The summed E-state index contributed by atoms with van der Waals surface area (Å²) in [5.74, 6) is 0. The number of anilines is 3. The van der Waals surface area contributed by atoms with E-state index in [1.165, 1.54) is 0 Å². The third-order valence-corrected chi connectivity index (χ3v) is 4.07. The SMILES string of the molecule is O=c1c(NCc2ccccc2)c(Nc2ccc3[nH][nH]c(=O)c3c2)c1=O. The molecule has 124 valence electrons. The van der Waals surface area contributed by atoms with Crippen molar-refractivity contribution in [1.82, 2.24) is 10.2 Å². The Morgan fingerprint density at radius 1 is 0.840 bits per heavy atom. The number of fused-ring (bicyclic) bond motifs is 1. The van der Waals surface area contributed by atoms with Crippen molar-refractivity contribution >= 4 is 28.0 Å². The normalized spacial score (nSPS) is 11.0. The summed E-state index contributed by atoms with van der Waals surface area (Å²) in [5.41, 5.74) is 1.35. The van der Waals surface area contributed by atoms with Gasteiger partial charge in [0.1, 0.15) is 11.4 Å². The highest BCUT2D eigenvalue weighted by atomic mass is 16.2. The maximum atomic E-state index is 11.9. The van der Waals surface area contributed by atoms with E-state index in [0.717, 1.165) is 5.56 Å². The summed E-state index contributed by atoms with van der Waals surface area (Å²) in [6.07, 6.45) is 0. The molecular formula is C18H14N4O3. The monoisotopic (exact) mass is 334 g/mol. The molecule has 25 heavy (non-hydrogen) atoms. The molecular weight excluding hydrogens is 320 g/mol. The van der Waals surface area contributed by atoms with Crippen molar-refractivity contribution in [2.75, 3.05) is 10.6 Å². The van der Waals surface area contributed by atoms with Gasteiger partial charge in [0.05, 0.1) is 10.9 Å². The molecule has 4 rings (SSSR count). The summed E-state index contributed by atoms with van der Waals surface area (Å²) >= 11 is 0. The minimum absolute atomic E-state index is 0.215. The molecule has 0 unspecified atom stereocenters. The highest BCUT2D eigenvalue weighted by Gasteiger charge is 2.21. The lowest BCUT2D eigenvalue weighted by Crippen LogP contribution is -2.36. The molecule has 7 heteroatoms. The van der Waals surface area contributed by atoms with Crippen LogP contribution >= 0.6 is 0 Å². The first-order chi connectivity index (χ1) is 12.1. The molecule has 7 nitrogen and oxygen atoms in total. The minimum Gasteiger partial charge on any atom is -0.376 e. The number of aromatic amines is 2. The van der Waals surface area contributed by atoms with Gasteiger partial charge in [-0.05, 0) is 23.8 Å². The fourth-order valence-electron chi connectivity index (χ4n) is 2.72. The summed E-state index contributed by atoms with van der Waals surface area (Å²) < 4.78 is 0. The fraction of sp³-hybridized carbons (Fsp3) is 0.0556. The van der Waals surface area contributed by atoms with Crippen LogP contribution < -0.4 is 27.1 Å². The Morgan fingerprint density at radius 3 is 2.40 bits per heavy atom. The van der Waals surface area contributed by atoms with Gasteiger partial charge in [0.15, 0.2) is 0 Å². The van der Waals surface area contributed by atoms with Crippen LogP contribution in [0.2, 0.25) is 0 Å². The van der Waals surface area contributed by atoms with Gasteiger partial charge < -0.3 is 10.6 Å². The Hall–Kier alpha value is -3.61. The maximum Gasteiger partial charge on any atom is 0.271 e. The molecule has 3 aromatic carbocycles. The van der Waals surface area contributed by atoms with Crippen molar-refractivity contribution in [3.05, 3.63) is 84.9 Å². The van der Waals surface area contributed by atoms with E-state index in [2.05, 4.69) is 20.8 Å². The lowest BCUT2D eigenvalue weighted by molar-refractivity contribution is 1.08. The average Bonchev–Trinajstić information content (AvgIpc) is 3.02. The quantitative estimate of drug-likeness (QED) is 0.416. The molecule has 0 amide bonds. The molecule has 0 aliphatic heterocycles. The fourth-order valence-corrected chi connectivity index (χ4v) is 2.72. The Morgan fingerprint density at radius 2 is 1.60 bits per heavy atom. The van der Waals surface area contributed by atoms with Crippen molar-refractivity contribution in [3.63, 3.8) is 0 Å². The lowest BCUT2D eigenvalue weighted by atomic mass is 10.1. The second kappa shape index (κ2) is 5.79. The highest BCUT2D eigenvalue weighted by molar-refractivity contribution is 5.85. The van der Waals surface area contributed by atoms with Gasteiger partial charge in [0, 0.05) is 12.2 Å². The summed E-state index contributed by atoms with van der Waals surface area (Å²) in [5, 5.41) is 11.7. The van der Waals surface area contributed by atoms with Crippen molar-refractivity contribution in [3.8, 4) is 0 Å². The zero-order valence-corrected chi connectivity index (χ0v) is 13.1. The van der Waals surface area contributed by atoms with Crippen LogP contribution in [0.3, 0.4) is 0 Å². The van der Waals surface area contributed by atoms with Crippen molar-refractivity contribution < 1.29 is 0 Å². The van der Waals surface area contributed by atoms with Gasteiger partial charge in [-0.2, -0.15) is 0 Å². The lowest BCUT2D eigenvalue weighted by Gasteiger charge is -2.15. The Kier molecular flexibility index (Phi) is 3.46. The van der Waals surface area contributed by atoms with E-state index in [1.54, 1.807) is 18.2 Å². The molecule has 4 aromatic rings. The molecule has 4 N–H and O–H groups in total. The van der Waals surface area contributed by atoms with Gasteiger partial charge in [0.25, 0.3) is 16.4 Å². The first-order valence-corrected chi connectivity index (χ1v) is 7.72. The standard InChI is InChI=1S/C18H14N4O3/c23-16-14(19-9-10-4-2-1-3-5-10)15(17(16)24)20-11-6-7-13-12(8-11)18(25)22-21-13/h1-8,19-20H,9H2,(H2,21,22,25). The van der Waals surface area contributed by atoms with Crippen LogP contribution in [-0.4, -0.2) is 10.2 Å². The van der Waals surface area contributed by atoms with Gasteiger partial charge in [-0.25, -0.2) is 0 Å². The summed E-state index contributed by atoms with van der Waals surface area (Å²) in [7, 11) is 0. The Bertz CT molecular complexity index is 1180. The predicted molar refractivity (Wildman–Crippen MR) is 97.3 cm³/mol. The van der Waals surface area contributed by atoms with Crippen LogP contribution in [0.25, 0.3) is 10.9 Å². The molecule has 0 radical (unpaired) electrons. The van der Waals surface area contributed by atoms with Crippen LogP contribution in [0.5, 0.6) is 0 Å². The van der Waals surface area contributed by atoms with E-state index in [4.69, 9.17) is 0 Å². The molecule has 0 spiro atoms. The van der Waals surface area contributed by atoms with Gasteiger partial charge in [-0.1, -0.05) is 30.3 Å². The third-order valence-electron chi connectivity index (χ3n) is 4.07. The van der Waals surface area contributed by atoms with E-state index in [0.29, 0.717) is 23.1 Å². The minimum atomic E-state index is -0.571. The van der Waals surface area contributed by atoms with Crippen LogP contribution in [0.15, 0.2) is 62.9 Å². The number of H-pyrrole nitrogens is 2. The molecule has 0 bridgehead atoms. The van der Waals surface area contributed by atoms with Crippen LogP contribution in [0.4, 0.5) is 17.1 Å². The van der Waals surface area contributed by atoms with Crippen molar-refractivity contribution in [1.29, 1.82) is 0 Å². The number of rotatable bonds is 5. The van der Waals surface area contributed by atoms with Crippen LogP contribution in [0.1, 0.15) is 5.56 Å². The first-order valence-electron chi connectivity index (χ1n) is 7.72. The second-order valence-electron chi connectivity index (χ2n) is 5.71. The van der Waals surface area contributed by atoms with Crippen molar-refractivity contribution in [2.45, 2.75) is 6.54 Å². The molecule has 0 saturated carbocycles. The highest BCUT2D eigenvalue weighted by Crippen LogP contribution is 2.23. The smallest absolute Gasteiger partial charge is 0.271 e. The van der Waals surface area contributed by atoms with Gasteiger partial charge in [-0.15, -0.1) is 0 Å². The summed E-state index contributed by atoms with van der Waals surface area (Å²) in [6.45, 7) is 0.441. The van der Waals surface area contributed by atoms with E-state index < -0.39 is 10.9 Å². The molecule has 0 atom stereocenters. The molecule has 1 aromatic heterocycles. The summed E-state index contributed by atoms with van der Waals surface area (Å²) in [4.78, 5) is 35.4. The maximum absolute atomic E-state index is 11.9. The molecule has 0 fully saturated rings. The number of hydrogen-bond donors (Lipinski definition) is 4. The third kappa shape index (κ3) is 2.61. The van der Waals surface area contributed by atoms with Crippen molar-refractivity contribution in [2.24, 2.45) is 0 Å². The van der Waals surface area contributed by atoms with Gasteiger partial charge in [0.2, 0.25) is 0 Å². The van der Waals surface area contributed by atoms with Crippen LogP contribution in [-0.2, 0) is 6.54 Å². The topological polar surface area (TPSA) is 107 Å². The van der Waals surface area contributed by atoms with Gasteiger partial charge >= 0.3 is 0 Å². The van der Waals surface area contributed by atoms with E-state index in [9.17, 15) is 14.4 Å². The van der Waals surface area contributed by atoms with E-state index in [-0.39, 0.29) is 16.9 Å². The largest absolute Gasteiger partial charge is 0.376 e.